The number of hydrogen-bond donors (Lipinski definition) is 2. The summed E-state index contributed by atoms with van der Waals surface area (Å²) >= 11 is 0. The summed E-state index contributed by atoms with van der Waals surface area (Å²) in [6.45, 7) is 8.60. The monoisotopic (exact) mass is 508 g/mol. The molecule has 0 radical (unpaired) electrons. The van der Waals surface area contributed by atoms with Crippen molar-refractivity contribution < 1.29 is 4.74 Å². The third-order valence-electron chi connectivity index (χ3n) is 4.92. The van der Waals surface area contributed by atoms with Crippen LogP contribution in [0.1, 0.15) is 30.5 Å². The van der Waals surface area contributed by atoms with Crippen LogP contribution in [0.5, 0.6) is 0 Å². The number of ether oxygens (including phenoxy) is 1. The van der Waals surface area contributed by atoms with Crippen LogP contribution in [-0.2, 0) is 24.2 Å². The van der Waals surface area contributed by atoms with Crippen molar-refractivity contribution in [1.29, 1.82) is 0 Å². The van der Waals surface area contributed by atoms with Crippen LogP contribution >= 0.6 is 24.0 Å². The van der Waals surface area contributed by atoms with E-state index in [1.54, 1.807) is 0 Å². The molecule has 2 aromatic carbocycles. The summed E-state index contributed by atoms with van der Waals surface area (Å²) in [6, 6.07) is 19.0. The van der Waals surface area contributed by atoms with Crippen LogP contribution in [0.15, 0.2) is 59.6 Å². The average molecular weight is 508 g/mol. The third kappa shape index (κ3) is 8.32. The van der Waals surface area contributed by atoms with Gasteiger partial charge in [-0.15, -0.1) is 24.0 Å². The maximum atomic E-state index is 5.99. The quantitative estimate of drug-likeness (QED) is 0.341. The summed E-state index contributed by atoms with van der Waals surface area (Å²) in [7, 11) is 0. The highest BCUT2D eigenvalue weighted by Gasteiger charge is 2.21. The third-order valence-corrected chi connectivity index (χ3v) is 4.92. The molecule has 29 heavy (non-hydrogen) atoms. The van der Waals surface area contributed by atoms with Gasteiger partial charge in [0, 0.05) is 26.2 Å². The topological polar surface area (TPSA) is 62.9 Å². The summed E-state index contributed by atoms with van der Waals surface area (Å²) in [5.41, 5.74) is 9.77. The average Bonchev–Trinajstić information content (AvgIpc) is 2.67. The Hall–Kier alpha value is -1.64. The molecular formula is C23H33IN4O. The standard InChI is InChI=1S/C23H32N4O.HI/c1-18-15-27(16-19(2)28-18)17-22-10-8-21(9-11-22)14-26-23(24)25-13-12-20-6-4-3-5-7-20;/h3-11,18-19H,12-17H2,1-2H3,(H3,24,25,26);1H. The second kappa shape index (κ2) is 12.1. The van der Waals surface area contributed by atoms with Crippen molar-refractivity contribution in [3.05, 3.63) is 71.3 Å². The van der Waals surface area contributed by atoms with Crippen LogP contribution in [0.25, 0.3) is 0 Å². The van der Waals surface area contributed by atoms with E-state index in [-0.39, 0.29) is 24.0 Å². The molecule has 1 aliphatic rings. The van der Waals surface area contributed by atoms with E-state index in [0.717, 1.165) is 32.6 Å². The molecule has 1 heterocycles. The molecule has 3 N–H and O–H groups in total. The predicted molar refractivity (Wildman–Crippen MR) is 131 cm³/mol. The summed E-state index contributed by atoms with van der Waals surface area (Å²) in [5.74, 6) is 0.497. The van der Waals surface area contributed by atoms with Crippen LogP contribution in [0.2, 0.25) is 0 Å². The molecule has 2 unspecified atom stereocenters. The van der Waals surface area contributed by atoms with E-state index in [9.17, 15) is 0 Å². The van der Waals surface area contributed by atoms with Crippen molar-refractivity contribution in [2.24, 2.45) is 10.7 Å². The molecule has 0 aromatic heterocycles. The zero-order chi connectivity index (χ0) is 19.8. The lowest BCUT2D eigenvalue weighted by Crippen LogP contribution is -2.44. The van der Waals surface area contributed by atoms with E-state index in [0.29, 0.717) is 24.7 Å². The summed E-state index contributed by atoms with van der Waals surface area (Å²) in [5, 5.41) is 3.18. The molecule has 0 saturated carbocycles. The smallest absolute Gasteiger partial charge is 0.188 e. The number of nitrogens with zero attached hydrogens (tertiary/aromatic N) is 2. The van der Waals surface area contributed by atoms with Gasteiger partial charge in [0.05, 0.1) is 18.8 Å². The van der Waals surface area contributed by atoms with E-state index in [1.165, 1.54) is 16.7 Å². The molecule has 1 saturated heterocycles. The van der Waals surface area contributed by atoms with Crippen molar-refractivity contribution in [3.8, 4) is 0 Å². The van der Waals surface area contributed by atoms with E-state index in [1.807, 2.05) is 6.07 Å². The van der Waals surface area contributed by atoms with Gasteiger partial charge in [0.1, 0.15) is 0 Å². The van der Waals surface area contributed by atoms with Crippen molar-refractivity contribution in [2.45, 2.75) is 45.6 Å². The Morgan fingerprint density at radius 1 is 1.00 bits per heavy atom. The van der Waals surface area contributed by atoms with Crippen molar-refractivity contribution >= 4 is 29.9 Å². The molecule has 0 bridgehead atoms. The Bertz CT molecular complexity index is 741. The summed E-state index contributed by atoms with van der Waals surface area (Å²) in [4.78, 5) is 6.91. The fourth-order valence-electron chi connectivity index (χ4n) is 3.63. The minimum Gasteiger partial charge on any atom is -0.373 e. The highest BCUT2D eigenvalue weighted by atomic mass is 127. The number of morpholine rings is 1. The van der Waals surface area contributed by atoms with Crippen LogP contribution in [-0.4, -0.2) is 42.7 Å². The summed E-state index contributed by atoms with van der Waals surface area (Å²) in [6.07, 6.45) is 1.54. The van der Waals surface area contributed by atoms with Gasteiger partial charge in [0.2, 0.25) is 0 Å². The number of nitrogens with two attached hydrogens (primary N) is 1. The Morgan fingerprint density at radius 3 is 2.28 bits per heavy atom. The highest BCUT2D eigenvalue weighted by molar-refractivity contribution is 14.0. The number of benzene rings is 2. The molecule has 158 valence electrons. The predicted octanol–water partition coefficient (Wildman–Crippen LogP) is 3.56. The zero-order valence-corrected chi connectivity index (χ0v) is 19.7. The van der Waals surface area contributed by atoms with Crippen molar-refractivity contribution in [3.63, 3.8) is 0 Å². The van der Waals surface area contributed by atoms with Gasteiger partial charge in [-0.25, -0.2) is 4.99 Å². The molecule has 0 spiro atoms. The van der Waals surface area contributed by atoms with Gasteiger partial charge in [-0.2, -0.15) is 0 Å². The molecule has 3 rings (SSSR count). The summed E-state index contributed by atoms with van der Waals surface area (Å²) < 4.78 is 5.81. The van der Waals surface area contributed by atoms with Gasteiger partial charge in [0.15, 0.2) is 5.96 Å². The van der Waals surface area contributed by atoms with E-state index in [4.69, 9.17) is 10.5 Å². The minimum absolute atomic E-state index is 0. The number of nitrogens with one attached hydrogen (secondary N) is 1. The molecule has 2 atom stereocenters. The Labute approximate surface area is 191 Å². The lowest BCUT2D eigenvalue weighted by Gasteiger charge is -2.35. The number of halogens is 1. The first-order valence-corrected chi connectivity index (χ1v) is 10.1. The SMILES string of the molecule is CC1CN(Cc2ccc(CN=C(N)NCCc3ccccc3)cc2)CC(C)O1.I. The fraction of sp³-hybridized carbons (Fsp3) is 0.435. The maximum Gasteiger partial charge on any atom is 0.188 e. The van der Waals surface area contributed by atoms with Crippen LogP contribution in [0.3, 0.4) is 0 Å². The number of aliphatic imine (C=N–C) groups is 1. The van der Waals surface area contributed by atoms with Crippen LogP contribution in [0.4, 0.5) is 0 Å². The Morgan fingerprint density at radius 2 is 1.62 bits per heavy atom. The second-order valence-electron chi connectivity index (χ2n) is 7.63. The first kappa shape index (κ1) is 23.6. The second-order valence-corrected chi connectivity index (χ2v) is 7.63. The molecule has 1 aliphatic heterocycles. The van der Waals surface area contributed by atoms with Crippen molar-refractivity contribution in [2.75, 3.05) is 19.6 Å². The van der Waals surface area contributed by atoms with Gasteiger partial charge in [-0.1, -0.05) is 54.6 Å². The molecule has 0 amide bonds. The minimum atomic E-state index is 0. The van der Waals surface area contributed by atoms with Gasteiger partial charge in [-0.3, -0.25) is 4.90 Å². The van der Waals surface area contributed by atoms with Gasteiger partial charge < -0.3 is 15.8 Å². The first-order chi connectivity index (χ1) is 13.6. The first-order valence-electron chi connectivity index (χ1n) is 10.1. The normalized spacial score (nSPS) is 20.1. The maximum absolute atomic E-state index is 5.99. The molecule has 2 aromatic rings. The molecule has 0 aliphatic carbocycles. The van der Waals surface area contributed by atoms with Crippen LogP contribution < -0.4 is 11.1 Å². The lowest BCUT2D eigenvalue weighted by atomic mass is 10.1. The Balaban J connectivity index is 0.00000300. The Kier molecular flexibility index (Phi) is 9.90. The van der Waals surface area contributed by atoms with Gasteiger partial charge in [0.25, 0.3) is 0 Å². The largest absolute Gasteiger partial charge is 0.373 e. The highest BCUT2D eigenvalue weighted by Crippen LogP contribution is 2.15. The molecule has 5 nitrogen and oxygen atoms in total. The fourth-order valence-corrected chi connectivity index (χ4v) is 3.63. The van der Waals surface area contributed by atoms with Crippen LogP contribution in [0, 0.1) is 0 Å². The molecule has 6 heteroatoms. The van der Waals surface area contributed by atoms with Gasteiger partial charge >= 0.3 is 0 Å². The zero-order valence-electron chi connectivity index (χ0n) is 17.4. The molecular weight excluding hydrogens is 475 g/mol. The number of guanidine groups is 1. The van der Waals surface area contributed by atoms with Gasteiger partial charge in [-0.05, 0) is 37.0 Å². The molecule has 1 fully saturated rings. The van der Waals surface area contributed by atoms with Crippen molar-refractivity contribution in [1.82, 2.24) is 10.2 Å². The number of hydrogen-bond acceptors (Lipinski definition) is 3. The van der Waals surface area contributed by atoms with E-state index in [2.05, 4.69) is 77.6 Å². The van der Waals surface area contributed by atoms with E-state index >= 15 is 0 Å². The van der Waals surface area contributed by atoms with E-state index < -0.39 is 0 Å². The lowest BCUT2D eigenvalue weighted by molar-refractivity contribution is -0.0704. The number of rotatable bonds is 7.